The van der Waals surface area contributed by atoms with Gasteiger partial charge in [-0.2, -0.15) is 0 Å². The summed E-state index contributed by atoms with van der Waals surface area (Å²) in [5.74, 6) is 0.848. The molecule has 1 saturated heterocycles. The number of rotatable bonds is 7. The van der Waals surface area contributed by atoms with Crippen LogP contribution in [-0.4, -0.2) is 66.9 Å². The van der Waals surface area contributed by atoms with Gasteiger partial charge in [-0.15, -0.1) is 10.2 Å². The Morgan fingerprint density at radius 2 is 1.63 bits per heavy atom. The van der Waals surface area contributed by atoms with E-state index in [1.54, 1.807) is 12.4 Å². The van der Waals surface area contributed by atoms with Gasteiger partial charge in [0.25, 0.3) is 0 Å². The van der Waals surface area contributed by atoms with Crippen LogP contribution in [0.25, 0.3) is 17.1 Å². The predicted molar refractivity (Wildman–Crippen MR) is 138 cm³/mol. The number of para-hydroxylation sites is 1. The van der Waals surface area contributed by atoms with E-state index in [1.807, 2.05) is 64.9 Å². The number of pyridine rings is 1. The van der Waals surface area contributed by atoms with E-state index in [-0.39, 0.29) is 11.2 Å². The van der Waals surface area contributed by atoms with Gasteiger partial charge in [-0.25, -0.2) is 0 Å². The summed E-state index contributed by atoms with van der Waals surface area (Å²) >= 11 is 1.45. The number of benzene rings is 2. The second-order valence-electron chi connectivity index (χ2n) is 8.57. The first kappa shape index (κ1) is 23.3. The maximum atomic E-state index is 13.3. The number of carbonyl (C=O) groups is 1. The lowest BCUT2D eigenvalue weighted by Crippen LogP contribution is -2.50. The fraction of sp³-hybridized carbons (Fsp3) is 0.259. The first-order valence-corrected chi connectivity index (χ1v) is 12.7. The van der Waals surface area contributed by atoms with E-state index >= 15 is 0 Å². The van der Waals surface area contributed by atoms with Gasteiger partial charge in [0.05, 0.1) is 5.25 Å². The van der Waals surface area contributed by atoms with Crippen LogP contribution in [0.15, 0.2) is 90.3 Å². The third kappa shape index (κ3) is 5.44. The molecule has 35 heavy (non-hydrogen) atoms. The van der Waals surface area contributed by atoms with Crippen LogP contribution in [-0.2, 0) is 11.3 Å². The Morgan fingerprint density at radius 1 is 0.914 bits per heavy atom. The second-order valence-corrected chi connectivity index (χ2v) is 9.87. The molecule has 2 aromatic heterocycles. The maximum Gasteiger partial charge on any atom is 0.235 e. The molecule has 4 aromatic rings. The molecule has 1 fully saturated rings. The SMILES string of the molecule is C[C@@H](Sc1nnc(-c2cccnc2)n1-c1ccccc1)C(=O)N1CCN(Cc2ccccc2)CC1. The molecule has 3 heterocycles. The average Bonchev–Trinajstić information content (AvgIpc) is 3.33. The fourth-order valence-corrected chi connectivity index (χ4v) is 5.22. The van der Waals surface area contributed by atoms with Gasteiger partial charge in [0.15, 0.2) is 11.0 Å². The van der Waals surface area contributed by atoms with Crippen LogP contribution in [0, 0.1) is 0 Å². The zero-order valence-corrected chi connectivity index (χ0v) is 20.5. The summed E-state index contributed by atoms with van der Waals surface area (Å²) in [4.78, 5) is 21.9. The van der Waals surface area contributed by atoms with E-state index in [2.05, 4.69) is 44.3 Å². The quantitative estimate of drug-likeness (QED) is 0.367. The molecular weight excluding hydrogens is 456 g/mol. The average molecular weight is 485 g/mol. The summed E-state index contributed by atoms with van der Waals surface area (Å²) in [6.45, 7) is 6.11. The Bertz CT molecular complexity index is 1240. The van der Waals surface area contributed by atoms with E-state index in [9.17, 15) is 4.79 Å². The van der Waals surface area contributed by atoms with Crippen molar-refractivity contribution in [1.82, 2.24) is 29.5 Å². The third-order valence-corrected chi connectivity index (χ3v) is 7.16. The van der Waals surface area contributed by atoms with Crippen molar-refractivity contribution in [3.8, 4) is 17.1 Å². The molecule has 5 rings (SSSR count). The standard InChI is InChI=1S/C27H28N6OS/c1-21(26(34)32-17-15-31(16-18-32)20-22-9-4-2-5-10-22)35-27-30-29-25(23-11-8-14-28-19-23)33(27)24-12-6-3-7-13-24/h2-14,19,21H,15-18,20H2,1H3/t21-/m1/s1. The van der Waals surface area contributed by atoms with Gasteiger partial charge in [-0.3, -0.25) is 19.2 Å². The van der Waals surface area contributed by atoms with Crippen molar-refractivity contribution in [3.63, 3.8) is 0 Å². The Hall–Kier alpha value is -3.49. The van der Waals surface area contributed by atoms with Crippen molar-refractivity contribution < 1.29 is 4.79 Å². The minimum Gasteiger partial charge on any atom is -0.339 e. The largest absolute Gasteiger partial charge is 0.339 e. The van der Waals surface area contributed by atoms with Gasteiger partial charge in [-0.1, -0.05) is 60.3 Å². The van der Waals surface area contributed by atoms with Gasteiger partial charge in [0.2, 0.25) is 5.91 Å². The summed E-state index contributed by atoms with van der Waals surface area (Å²) in [6.07, 6.45) is 3.52. The number of piperazine rings is 1. The first-order chi connectivity index (χ1) is 17.2. The number of thioether (sulfide) groups is 1. The van der Waals surface area contributed by atoms with Gasteiger partial charge in [0.1, 0.15) is 0 Å². The van der Waals surface area contributed by atoms with E-state index in [4.69, 9.17) is 0 Å². The van der Waals surface area contributed by atoms with Crippen LogP contribution in [0.4, 0.5) is 0 Å². The van der Waals surface area contributed by atoms with Gasteiger partial charge in [-0.05, 0) is 36.8 Å². The smallest absolute Gasteiger partial charge is 0.235 e. The van der Waals surface area contributed by atoms with Crippen molar-refractivity contribution >= 4 is 17.7 Å². The van der Waals surface area contributed by atoms with Crippen LogP contribution in [0.5, 0.6) is 0 Å². The fourth-order valence-electron chi connectivity index (χ4n) is 4.27. The number of amides is 1. The Morgan fingerprint density at radius 3 is 2.31 bits per heavy atom. The lowest BCUT2D eigenvalue weighted by atomic mass is 10.2. The molecule has 2 aromatic carbocycles. The molecule has 0 saturated carbocycles. The van der Waals surface area contributed by atoms with Gasteiger partial charge < -0.3 is 4.90 Å². The van der Waals surface area contributed by atoms with Crippen LogP contribution < -0.4 is 0 Å². The number of aromatic nitrogens is 4. The van der Waals surface area contributed by atoms with E-state index < -0.39 is 0 Å². The molecule has 0 unspecified atom stereocenters. The van der Waals surface area contributed by atoms with Crippen molar-refractivity contribution in [1.29, 1.82) is 0 Å². The summed E-state index contributed by atoms with van der Waals surface area (Å²) < 4.78 is 2.00. The summed E-state index contributed by atoms with van der Waals surface area (Å²) in [7, 11) is 0. The lowest BCUT2D eigenvalue weighted by molar-refractivity contribution is -0.132. The molecule has 0 bridgehead atoms. The number of hydrogen-bond donors (Lipinski definition) is 0. The molecule has 0 radical (unpaired) electrons. The van der Waals surface area contributed by atoms with Crippen LogP contribution in [0.2, 0.25) is 0 Å². The van der Waals surface area contributed by atoms with E-state index in [0.29, 0.717) is 11.0 Å². The number of nitrogens with zero attached hydrogens (tertiary/aromatic N) is 6. The highest BCUT2D eigenvalue weighted by Crippen LogP contribution is 2.30. The molecule has 1 atom stereocenters. The van der Waals surface area contributed by atoms with Crippen molar-refractivity contribution in [2.45, 2.75) is 23.9 Å². The van der Waals surface area contributed by atoms with Gasteiger partial charge >= 0.3 is 0 Å². The lowest BCUT2D eigenvalue weighted by Gasteiger charge is -2.35. The molecule has 8 heteroatoms. The third-order valence-electron chi connectivity index (χ3n) is 6.13. The van der Waals surface area contributed by atoms with Crippen molar-refractivity contribution in [2.75, 3.05) is 26.2 Å². The molecule has 178 valence electrons. The van der Waals surface area contributed by atoms with Crippen LogP contribution in [0.3, 0.4) is 0 Å². The topological polar surface area (TPSA) is 67.2 Å². The molecule has 0 aliphatic carbocycles. The Labute approximate surface area is 209 Å². The predicted octanol–water partition coefficient (Wildman–Crippen LogP) is 4.15. The molecular formula is C27H28N6OS. The second kappa shape index (κ2) is 10.8. The molecule has 1 amide bonds. The molecule has 0 N–H and O–H groups in total. The zero-order valence-electron chi connectivity index (χ0n) is 19.7. The summed E-state index contributed by atoms with van der Waals surface area (Å²) in [5, 5.41) is 9.34. The summed E-state index contributed by atoms with van der Waals surface area (Å²) in [5.41, 5.74) is 3.14. The minimum absolute atomic E-state index is 0.139. The molecule has 1 aliphatic rings. The van der Waals surface area contributed by atoms with Crippen LogP contribution >= 0.6 is 11.8 Å². The van der Waals surface area contributed by atoms with E-state index in [1.165, 1.54) is 17.3 Å². The first-order valence-electron chi connectivity index (χ1n) is 11.8. The molecule has 0 spiro atoms. The van der Waals surface area contributed by atoms with Gasteiger partial charge in [0, 0.05) is 56.4 Å². The molecule has 1 aliphatic heterocycles. The highest BCUT2D eigenvalue weighted by Gasteiger charge is 2.28. The normalized spacial score (nSPS) is 15.2. The maximum absolute atomic E-state index is 13.3. The number of hydrogen-bond acceptors (Lipinski definition) is 6. The molecule has 7 nitrogen and oxygen atoms in total. The number of carbonyl (C=O) groups excluding carboxylic acids is 1. The summed E-state index contributed by atoms with van der Waals surface area (Å²) in [6, 6.07) is 24.3. The van der Waals surface area contributed by atoms with E-state index in [0.717, 1.165) is 44.0 Å². The highest BCUT2D eigenvalue weighted by molar-refractivity contribution is 8.00. The minimum atomic E-state index is -0.274. The van der Waals surface area contributed by atoms with Crippen molar-refractivity contribution in [3.05, 3.63) is 90.8 Å². The zero-order chi connectivity index (χ0) is 24.0. The highest BCUT2D eigenvalue weighted by atomic mass is 32.2. The van der Waals surface area contributed by atoms with Crippen LogP contribution in [0.1, 0.15) is 12.5 Å². The Kier molecular flexibility index (Phi) is 7.20. The monoisotopic (exact) mass is 484 g/mol. The Balaban J connectivity index is 1.28. The van der Waals surface area contributed by atoms with Crippen molar-refractivity contribution in [2.24, 2.45) is 0 Å².